The Labute approximate surface area is 90.8 Å². The molecule has 0 amide bonds. The van der Waals surface area contributed by atoms with Crippen molar-refractivity contribution in [2.24, 2.45) is 0 Å². The molecular formula is C11H11BrN2. The van der Waals surface area contributed by atoms with Crippen LogP contribution in [0.4, 0.5) is 5.69 Å². The van der Waals surface area contributed by atoms with Crippen LogP contribution in [0, 0.1) is 0 Å². The summed E-state index contributed by atoms with van der Waals surface area (Å²) in [5.41, 5.74) is 9.49. The molecule has 1 saturated carbocycles. The first-order valence-electron chi connectivity index (χ1n) is 4.83. The lowest BCUT2D eigenvalue weighted by atomic mass is 10.2. The molecule has 0 atom stereocenters. The highest BCUT2D eigenvalue weighted by Gasteiger charge is 2.30. The maximum Gasteiger partial charge on any atom is 0.0949 e. The van der Waals surface area contributed by atoms with Crippen LogP contribution in [0.25, 0.3) is 5.52 Å². The van der Waals surface area contributed by atoms with Crippen molar-refractivity contribution < 1.29 is 0 Å². The monoisotopic (exact) mass is 250 g/mol. The first-order chi connectivity index (χ1) is 6.79. The lowest BCUT2D eigenvalue weighted by Gasteiger charge is -1.95. The Balaban J connectivity index is 2.38. The van der Waals surface area contributed by atoms with Gasteiger partial charge in [-0.2, -0.15) is 0 Å². The summed E-state index contributed by atoms with van der Waals surface area (Å²) in [5.74, 6) is 0.685. The van der Waals surface area contributed by atoms with Crippen molar-refractivity contribution in [3.63, 3.8) is 0 Å². The van der Waals surface area contributed by atoms with Gasteiger partial charge in [-0.05, 0) is 46.8 Å². The highest BCUT2D eigenvalue weighted by molar-refractivity contribution is 9.10. The molecule has 2 nitrogen and oxygen atoms in total. The quantitative estimate of drug-likeness (QED) is 0.829. The third-order valence-corrected chi connectivity index (χ3v) is 3.65. The summed E-state index contributed by atoms with van der Waals surface area (Å²) in [7, 11) is 0. The average molecular weight is 251 g/mol. The predicted molar refractivity (Wildman–Crippen MR) is 61.5 cm³/mol. The molecule has 72 valence electrons. The smallest absolute Gasteiger partial charge is 0.0949 e. The maximum atomic E-state index is 6.13. The van der Waals surface area contributed by atoms with Crippen molar-refractivity contribution >= 4 is 27.1 Å². The number of nitrogen functional groups attached to an aromatic ring is 1. The molecule has 0 saturated heterocycles. The molecule has 0 radical (unpaired) electrons. The zero-order chi connectivity index (χ0) is 9.71. The summed E-state index contributed by atoms with van der Waals surface area (Å²) in [4.78, 5) is 0. The number of pyridine rings is 1. The first kappa shape index (κ1) is 8.36. The van der Waals surface area contributed by atoms with E-state index in [1.165, 1.54) is 18.4 Å². The molecule has 0 aliphatic heterocycles. The van der Waals surface area contributed by atoms with E-state index in [2.05, 4.69) is 26.4 Å². The summed E-state index contributed by atoms with van der Waals surface area (Å²) in [6, 6.07) is 6.11. The van der Waals surface area contributed by atoms with E-state index in [1.54, 1.807) is 0 Å². The Kier molecular flexibility index (Phi) is 1.65. The number of hydrogen-bond donors (Lipinski definition) is 1. The third-order valence-electron chi connectivity index (χ3n) is 2.85. The van der Waals surface area contributed by atoms with Crippen molar-refractivity contribution in [1.29, 1.82) is 0 Å². The second-order valence-electron chi connectivity index (χ2n) is 3.85. The van der Waals surface area contributed by atoms with E-state index in [0.29, 0.717) is 5.92 Å². The molecule has 3 rings (SSSR count). The van der Waals surface area contributed by atoms with Crippen LogP contribution < -0.4 is 5.73 Å². The van der Waals surface area contributed by atoms with Crippen LogP contribution in [0.2, 0.25) is 0 Å². The average Bonchev–Trinajstić information content (AvgIpc) is 2.99. The summed E-state index contributed by atoms with van der Waals surface area (Å²) >= 11 is 3.63. The lowest BCUT2D eigenvalue weighted by Crippen LogP contribution is -1.87. The second kappa shape index (κ2) is 2.76. The van der Waals surface area contributed by atoms with Crippen molar-refractivity contribution in [2.75, 3.05) is 5.73 Å². The number of aromatic nitrogens is 1. The Morgan fingerprint density at radius 2 is 2.14 bits per heavy atom. The Hall–Kier alpha value is -0.960. The number of halogens is 1. The van der Waals surface area contributed by atoms with Gasteiger partial charge in [-0.1, -0.05) is 6.07 Å². The highest BCUT2D eigenvalue weighted by Crippen LogP contribution is 2.48. The highest BCUT2D eigenvalue weighted by atomic mass is 79.9. The van der Waals surface area contributed by atoms with Crippen molar-refractivity contribution in [3.05, 3.63) is 34.6 Å². The van der Waals surface area contributed by atoms with Crippen LogP contribution in [0.1, 0.15) is 24.3 Å². The third kappa shape index (κ3) is 1.02. The van der Waals surface area contributed by atoms with E-state index >= 15 is 0 Å². The van der Waals surface area contributed by atoms with Crippen LogP contribution in [-0.4, -0.2) is 4.40 Å². The molecule has 14 heavy (non-hydrogen) atoms. The largest absolute Gasteiger partial charge is 0.397 e. The van der Waals surface area contributed by atoms with Gasteiger partial charge in [0.1, 0.15) is 0 Å². The van der Waals surface area contributed by atoms with Gasteiger partial charge < -0.3 is 10.1 Å². The summed E-state index contributed by atoms with van der Waals surface area (Å²) < 4.78 is 3.25. The minimum absolute atomic E-state index is 0.685. The molecule has 0 spiro atoms. The van der Waals surface area contributed by atoms with Crippen molar-refractivity contribution in [1.82, 2.24) is 4.40 Å². The van der Waals surface area contributed by atoms with Crippen LogP contribution in [0.3, 0.4) is 0 Å². The standard InChI is InChI=1S/C11H11BrN2/c12-11-9(7-4-5-7)10(13)8-3-1-2-6-14(8)11/h1-3,6-7H,4-5,13H2. The van der Waals surface area contributed by atoms with E-state index in [0.717, 1.165) is 15.8 Å². The van der Waals surface area contributed by atoms with Gasteiger partial charge in [0.25, 0.3) is 0 Å². The molecule has 1 aliphatic carbocycles. The predicted octanol–water partition coefficient (Wildman–Crippen LogP) is 3.16. The minimum Gasteiger partial charge on any atom is -0.397 e. The number of fused-ring (bicyclic) bond motifs is 1. The van der Waals surface area contributed by atoms with Gasteiger partial charge in [-0.15, -0.1) is 0 Å². The topological polar surface area (TPSA) is 30.4 Å². The fraction of sp³-hybridized carbons (Fsp3) is 0.273. The number of hydrogen-bond acceptors (Lipinski definition) is 1. The maximum absolute atomic E-state index is 6.13. The van der Waals surface area contributed by atoms with Gasteiger partial charge >= 0.3 is 0 Å². The lowest BCUT2D eigenvalue weighted by molar-refractivity contribution is 1.07. The number of rotatable bonds is 1. The molecule has 1 aliphatic rings. The molecule has 0 bridgehead atoms. The van der Waals surface area contributed by atoms with Gasteiger partial charge in [0.15, 0.2) is 0 Å². The normalized spacial score (nSPS) is 16.4. The Morgan fingerprint density at radius 1 is 1.36 bits per heavy atom. The van der Waals surface area contributed by atoms with Crippen molar-refractivity contribution in [2.45, 2.75) is 18.8 Å². The number of anilines is 1. The second-order valence-corrected chi connectivity index (χ2v) is 4.60. The van der Waals surface area contributed by atoms with E-state index in [-0.39, 0.29) is 0 Å². The summed E-state index contributed by atoms with van der Waals surface area (Å²) in [6.45, 7) is 0. The van der Waals surface area contributed by atoms with Crippen LogP contribution in [0.5, 0.6) is 0 Å². The van der Waals surface area contributed by atoms with Crippen molar-refractivity contribution in [3.8, 4) is 0 Å². The molecule has 0 aromatic carbocycles. The number of nitrogens with zero attached hydrogens (tertiary/aromatic N) is 1. The molecule has 0 unspecified atom stereocenters. The first-order valence-corrected chi connectivity index (χ1v) is 5.62. The summed E-state index contributed by atoms with van der Waals surface area (Å²) in [5, 5.41) is 0. The van der Waals surface area contributed by atoms with Gasteiger partial charge in [-0.25, -0.2) is 0 Å². The van der Waals surface area contributed by atoms with E-state index < -0.39 is 0 Å². The molecule has 2 aromatic rings. The van der Waals surface area contributed by atoms with Gasteiger partial charge in [0.2, 0.25) is 0 Å². The molecule has 2 N–H and O–H groups in total. The minimum atomic E-state index is 0.685. The zero-order valence-corrected chi connectivity index (χ0v) is 9.29. The van der Waals surface area contributed by atoms with E-state index in [4.69, 9.17) is 5.73 Å². The summed E-state index contributed by atoms with van der Waals surface area (Å²) in [6.07, 6.45) is 4.60. The molecular weight excluding hydrogens is 240 g/mol. The van der Waals surface area contributed by atoms with E-state index in [9.17, 15) is 0 Å². The van der Waals surface area contributed by atoms with Crippen LogP contribution in [0.15, 0.2) is 29.0 Å². The number of nitrogens with two attached hydrogens (primary N) is 1. The van der Waals surface area contributed by atoms with Crippen LogP contribution in [-0.2, 0) is 0 Å². The zero-order valence-electron chi connectivity index (χ0n) is 7.70. The van der Waals surface area contributed by atoms with Crippen LogP contribution >= 0.6 is 15.9 Å². The molecule has 2 heterocycles. The SMILES string of the molecule is Nc1c(C2CC2)c(Br)n2ccccc12. The Morgan fingerprint density at radius 3 is 2.79 bits per heavy atom. The fourth-order valence-corrected chi connectivity index (χ4v) is 2.82. The Bertz CT molecular complexity index is 458. The van der Waals surface area contributed by atoms with Gasteiger partial charge in [0, 0.05) is 11.8 Å². The van der Waals surface area contributed by atoms with E-state index in [1.807, 2.05) is 18.3 Å². The fourth-order valence-electron chi connectivity index (χ4n) is 1.97. The van der Waals surface area contributed by atoms with Gasteiger partial charge in [-0.3, -0.25) is 0 Å². The molecule has 1 fully saturated rings. The molecule has 3 heteroatoms. The van der Waals surface area contributed by atoms with Gasteiger partial charge in [0.05, 0.1) is 15.8 Å². The molecule has 2 aromatic heterocycles.